The number of rotatable bonds is 4. The standard InChI is InChI=1S/C15H17N5OS/c1-19-10-17-18-15(19)22-13-7-6-12(21-13)14-16-8-9-20(14)11-4-2-3-5-11/h6-11H,2-5H2,1H3. The van der Waals surface area contributed by atoms with Crippen molar-refractivity contribution >= 4 is 11.8 Å². The third-order valence-electron chi connectivity index (χ3n) is 4.05. The van der Waals surface area contributed by atoms with Gasteiger partial charge in [-0.15, -0.1) is 10.2 Å². The third kappa shape index (κ3) is 2.45. The van der Waals surface area contributed by atoms with Crippen molar-refractivity contribution < 1.29 is 4.42 Å². The van der Waals surface area contributed by atoms with Crippen LogP contribution >= 0.6 is 11.8 Å². The predicted molar refractivity (Wildman–Crippen MR) is 82.6 cm³/mol. The van der Waals surface area contributed by atoms with Crippen molar-refractivity contribution in [3.63, 3.8) is 0 Å². The van der Waals surface area contributed by atoms with Crippen LogP contribution in [0.1, 0.15) is 31.7 Å². The van der Waals surface area contributed by atoms with Crippen LogP contribution in [0, 0.1) is 0 Å². The van der Waals surface area contributed by atoms with Crippen LogP contribution in [0.25, 0.3) is 11.6 Å². The summed E-state index contributed by atoms with van der Waals surface area (Å²) in [5.74, 6) is 1.72. The summed E-state index contributed by atoms with van der Waals surface area (Å²) < 4.78 is 10.1. The molecule has 7 heteroatoms. The quantitative estimate of drug-likeness (QED) is 0.737. The minimum absolute atomic E-state index is 0.553. The second-order valence-corrected chi connectivity index (χ2v) is 6.51. The number of nitrogens with zero attached hydrogens (tertiary/aromatic N) is 5. The lowest BCUT2D eigenvalue weighted by molar-refractivity contribution is 0.467. The van der Waals surface area contributed by atoms with Gasteiger partial charge >= 0.3 is 0 Å². The van der Waals surface area contributed by atoms with Gasteiger partial charge in [-0.1, -0.05) is 12.8 Å². The van der Waals surface area contributed by atoms with Crippen LogP contribution in [0.4, 0.5) is 0 Å². The Bertz CT molecular complexity index is 768. The largest absolute Gasteiger partial charge is 0.446 e. The first kappa shape index (κ1) is 13.6. The SMILES string of the molecule is Cn1cnnc1Sc1ccc(-c2nccn2C2CCCC2)o1. The number of hydrogen-bond acceptors (Lipinski definition) is 5. The van der Waals surface area contributed by atoms with Gasteiger partial charge in [-0.3, -0.25) is 0 Å². The smallest absolute Gasteiger partial charge is 0.198 e. The van der Waals surface area contributed by atoms with Gasteiger partial charge in [-0.05, 0) is 36.7 Å². The van der Waals surface area contributed by atoms with E-state index in [1.54, 1.807) is 6.33 Å². The molecule has 22 heavy (non-hydrogen) atoms. The van der Waals surface area contributed by atoms with Crippen molar-refractivity contribution in [1.82, 2.24) is 24.3 Å². The molecule has 1 aliphatic rings. The second-order valence-electron chi connectivity index (χ2n) is 5.54. The van der Waals surface area contributed by atoms with Gasteiger partial charge in [0.05, 0.1) is 0 Å². The average Bonchev–Trinajstić information content (AvgIpc) is 3.26. The Hall–Kier alpha value is -2.02. The molecule has 0 aliphatic heterocycles. The Labute approximate surface area is 132 Å². The van der Waals surface area contributed by atoms with E-state index in [4.69, 9.17) is 4.42 Å². The molecule has 0 amide bonds. The van der Waals surface area contributed by atoms with E-state index in [2.05, 4.69) is 25.9 Å². The van der Waals surface area contributed by atoms with Crippen LogP contribution in [-0.4, -0.2) is 24.3 Å². The monoisotopic (exact) mass is 315 g/mol. The van der Waals surface area contributed by atoms with Crippen LogP contribution in [-0.2, 0) is 7.05 Å². The third-order valence-corrected chi connectivity index (χ3v) is 5.02. The average molecular weight is 315 g/mol. The van der Waals surface area contributed by atoms with Crippen LogP contribution < -0.4 is 0 Å². The molecule has 1 fully saturated rings. The lowest BCUT2D eigenvalue weighted by atomic mass is 10.2. The molecule has 3 aromatic rings. The van der Waals surface area contributed by atoms with Gasteiger partial charge in [-0.2, -0.15) is 0 Å². The number of furan rings is 1. The molecule has 3 heterocycles. The lowest BCUT2D eigenvalue weighted by Gasteiger charge is -2.13. The van der Waals surface area contributed by atoms with E-state index < -0.39 is 0 Å². The zero-order valence-electron chi connectivity index (χ0n) is 12.3. The van der Waals surface area contributed by atoms with Crippen molar-refractivity contribution in [3.8, 4) is 11.6 Å². The van der Waals surface area contributed by atoms with Gasteiger partial charge < -0.3 is 13.6 Å². The highest BCUT2D eigenvalue weighted by molar-refractivity contribution is 7.99. The molecule has 114 valence electrons. The first-order valence-electron chi connectivity index (χ1n) is 7.46. The van der Waals surface area contributed by atoms with Gasteiger partial charge in [0.2, 0.25) is 0 Å². The number of imidazole rings is 1. The van der Waals surface area contributed by atoms with E-state index in [0.29, 0.717) is 6.04 Å². The van der Waals surface area contributed by atoms with Crippen LogP contribution in [0.5, 0.6) is 0 Å². The molecule has 0 unspecified atom stereocenters. The molecule has 3 aromatic heterocycles. The Kier molecular flexibility index (Phi) is 3.49. The fourth-order valence-electron chi connectivity index (χ4n) is 2.93. The number of hydrogen-bond donors (Lipinski definition) is 0. The summed E-state index contributed by atoms with van der Waals surface area (Å²) in [4.78, 5) is 4.49. The van der Waals surface area contributed by atoms with Crippen LogP contribution in [0.15, 0.2) is 45.5 Å². The molecule has 0 N–H and O–H groups in total. The minimum atomic E-state index is 0.553. The van der Waals surface area contributed by atoms with Gasteiger partial charge in [0.25, 0.3) is 0 Å². The summed E-state index contributed by atoms with van der Waals surface area (Å²) in [7, 11) is 1.92. The molecule has 0 spiro atoms. The van der Waals surface area contributed by atoms with Crippen molar-refractivity contribution in [2.45, 2.75) is 42.0 Å². The van der Waals surface area contributed by atoms with E-state index in [0.717, 1.165) is 21.8 Å². The van der Waals surface area contributed by atoms with E-state index >= 15 is 0 Å². The summed E-state index contributed by atoms with van der Waals surface area (Å²) >= 11 is 1.46. The van der Waals surface area contributed by atoms with Crippen LogP contribution in [0.3, 0.4) is 0 Å². The Morgan fingerprint density at radius 2 is 2.14 bits per heavy atom. The topological polar surface area (TPSA) is 61.7 Å². The summed E-state index contributed by atoms with van der Waals surface area (Å²) in [6.07, 6.45) is 10.6. The lowest BCUT2D eigenvalue weighted by Crippen LogP contribution is -2.04. The second kappa shape index (κ2) is 5.64. The van der Waals surface area contributed by atoms with Crippen molar-refractivity contribution in [2.24, 2.45) is 7.05 Å². The van der Waals surface area contributed by atoms with Crippen molar-refractivity contribution in [1.29, 1.82) is 0 Å². The first-order valence-corrected chi connectivity index (χ1v) is 8.28. The highest BCUT2D eigenvalue weighted by Gasteiger charge is 2.21. The summed E-state index contributed by atoms with van der Waals surface area (Å²) in [5, 5.41) is 9.54. The van der Waals surface area contributed by atoms with Gasteiger partial charge in [0.15, 0.2) is 21.8 Å². The highest BCUT2D eigenvalue weighted by Crippen LogP contribution is 2.35. The maximum atomic E-state index is 5.96. The zero-order valence-corrected chi connectivity index (χ0v) is 13.2. The molecule has 0 bridgehead atoms. The molecule has 0 radical (unpaired) electrons. The molecule has 1 aliphatic carbocycles. The summed E-state index contributed by atoms with van der Waals surface area (Å²) in [6.45, 7) is 0. The molecule has 6 nitrogen and oxygen atoms in total. The molecular weight excluding hydrogens is 298 g/mol. The number of aromatic nitrogens is 5. The fourth-order valence-corrected chi connectivity index (χ4v) is 3.66. The van der Waals surface area contributed by atoms with Crippen molar-refractivity contribution in [3.05, 3.63) is 30.9 Å². The molecule has 0 aromatic carbocycles. The van der Waals surface area contributed by atoms with Gasteiger partial charge in [-0.25, -0.2) is 4.98 Å². The van der Waals surface area contributed by atoms with E-state index in [1.165, 1.54) is 37.4 Å². The molecule has 0 atom stereocenters. The minimum Gasteiger partial charge on any atom is -0.446 e. The zero-order chi connectivity index (χ0) is 14.9. The first-order chi connectivity index (χ1) is 10.8. The van der Waals surface area contributed by atoms with E-state index in [9.17, 15) is 0 Å². The maximum absolute atomic E-state index is 5.96. The Balaban J connectivity index is 1.59. The predicted octanol–water partition coefficient (Wildman–Crippen LogP) is 3.54. The molecule has 4 rings (SSSR count). The molecule has 1 saturated carbocycles. The van der Waals surface area contributed by atoms with Gasteiger partial charge in [0, 0.05) is 25.5 Å². The summed E-state index contributed by atoms with van der Waals surface area (Å²) in [6, 6.07) is 4.49. The van der Waals surface area contributed by atoms with E-state index in [1.807, 2.05) is 29.9 Å². The molecular formula is C15H17N5OS. The Morgan fingerprint density at radius 1 is 1.27 bits per heavy atom. The van der Waals surface area contributed by atoms with E-state index in [-0.39, 0.29) is 0 Å². The Morgan fingerprint density at radius 3 is 2.91 bits per heavy atom. The fraction of sp³-hybridized carbons (Fsp3) is 0.400. The number of aryl methyl sites for hydroxylation is 1. The van der Waals surface area contributed by atoms with Crippen molar-refractivity contribution in [2.75, 3.05) is 0 Å². The van der Waals surface area contributed by atoms with Gasteiger partial charge in [0.1, 0.15) is 6.33 Å². The maximum Gasteiger partial charge on any atom is 0.198 e. The van der Waals surface area contributed by atoms with Crippen LogP contribution in [0.2, 0.25) is 0 Å². The normalized spacial score (nSPS) is 15.7. The highest BCUT2D eigenvalue weighted by atomic mass is 32.2. The summed E-state index contributed by atoms with van der Waals surface area (Å²) in [5.41, 5.74) is 0. The molecule has 0 saturated heterocycles.